The normalized spacial score (nSPS) is 10.0. The summed E-state index contributed by atoms with van der Waals surface area (Å²) in [6.07, 6.45) is 1.57. The summed E-state index contributed by atoms with van der Waals surface area (Å²) in [4.78, 5) is 4.13. The molecule has 0 aliphatic carbocycles. The van der Waals surface area contributed by atoms with Crippen molar-refractivity contribution in [1.29, 1.82) is 5.26 Å². The van der Waals surface area contributed by atoms with E-state index in [2.05, 4.69) is 4.98 Å². The SMILES string of the molecule is N#Cc1ccc(F)cc1CSc1ccc(N)cn1. The van der Waals surface area contributed by atoms with Gasteiger partial charge in [-0.2, -0.15) is 5.26 Å². The van der Waals surface area contributed by atoms with Gasteiger partial charge in [0.05, 0.1) is 28.5 Å². The lowest BCUT2D eigenvalue weighted by Gasteiger charge is -2.04. The van der Waals surface area contributed by atoms with Crippen LogP contribution in [0.1, 0.15) is 11.1 Å². The summed E-state index contributed by atoms with van der Waals surface area (Å²) in [5.41, 5.74) is 7.29. The smallest absolute Gasteiger partial charge is 0.123 e. The monoisotopic (exact) mass is 259 g/mol. The fourth-order valence-corrected chi connectivity index (χ4v) is 2.25. The Kier molecular flexibility index (Phi) is 3.80. The van der Waals surface area contributed by atoms with Gasteiger partial charge in [0, 0.05) is 5.75 Å². The van der Waals surface area contributed by atoms with Crippen molar-refractivity contribution in [3.63, 3.8) is 0 Å². The highest BCUT2D eigenvalue weighted by atomic mass is 32.2. The average molecular weight is 259 g/mol. The van der Waals surface area contributed by atoms with E-state index in [1.54, 1.807) is 18.3 Å². The van der Waals surface area contributed by atoms with Crippen LogP contribution in [0.15, 0.2) is 41.6 Å². The van der Waals surface area contributed by atoms with Crippen molar-refractivity contribution in [2.24, 2.45) is 0 Å². The van der Waals surface area contributed by atoms with E-state index < -0.39 is 0 Å². The van der Waals surface area contributed by atoms with Gasteiger partial charge in [0.2, 0.25) is 0 Å². The van der Waals surface area contributed by atoms with Gasteiger partial charge in [-0.25, -0.2) is 9.37 Å². The summed E-state index contributed by atoms with van der Waals surface area (Å²) < 4.78 is 13.1. The molecule has 0 unspecified atom stereocenters. The van der Waals surface area contributed by atoms with Crippen molar-refractivity contribution >= 4 is 17.4 Å². The van der Waals surface area contributed by atoms with Crippen LogP contribution in [-0.2, 0) is 5.75 Å². The lowest BCUT2D eigenvalue weighted by molar-refractivity contribution is 0.626. The second kappa shape index (κ2) is 5.52. The van der Waals surface area contributed by atoms with Crippen LogP contribution < -0.4 is 5.73 Å². The second-order valence-electron chi connectivity index (χ2n) is 3.63. The maximum Gasteiger partial charge on any atom is 0.123 e. The molecule has 0 spiro atoms. The third kappa shape index (κ3) is 2.99. The predicted octanol–water partition coefficient (Wildman–Crippen LogP) is 2.97. The topological polar surface area (TPSA) is 62.7 Å². The van der Waals surface area contributed by atoms with E-state index in [9.17, 15) is 4.39 Å². The van der Waals surface area contributed by atoms with Crippen LogP contribution in [0.25, 0.3) is 0 Å². The Hall–Kier alpha value is -2.06. The number of hydrogen-bond acceptors (Lipinski definition) is 4. The summed E-state index contributed by atoms with van der Waals surface area (Å²) in [5.74, 6) is 0.160. The Labute approximate surface area is 108 Å². The van der Waals surface area contributed by atoms with Gasteiger partial charge in [0.15, 0.2) is 0 Å². The quantitative estimate of drug-likeness (QED) is 0.861. The Bertz CT molecular complexity index is 590. The van der Waals surface area contributed by atoms with E-state index in [1.165, 1.54) is 30.0 Å². The molecule has 0 aliphatic heterocycles. The fourth-order valence-electron chi connectivity index (χ4n) is 1.42. The molecule has 18 heavy (non-hydrogen) atoms. The Morgan fingerprint density at radius 1 is 1.33 bits per heavy atom. The number of thioether (sulfide) groups is 1. The zero-order valence-corrected chi connectivity index (χ0v) is 10.2. The second-order valence-corrected chi connectivity index (χ2v) is 4.63. The van der Waals surface area contributed by atoms with Gasteiger partial charge in [0.25, 0.3) is 0 Å². The van der Waals surface area contributed by atoms with Gasteiger partial charge in [0.1, 0.15) is 5.82 Å². The van der Waals surface area contributed by atoms with E-state index in [4.69, 9.17) is 11.0 Å². The number of aromatic nitrogens is 1. The molecule has 0 radical (unpaired) electrons. The molecule has 1 aromatic heterocycles. The highest BCUT2D eigenvalue weighted by Crippen LogP contribution is 2.23. The van der Waals surface area contributed by atoms with Gasteiger partial charge in [-0.3, -0.25) is 0 Å². The molecular formula is C13H10FN3S. The first-order valence-electron chi connectivity index (χ1n) is 5.22. The maximum atomic E-state index is 13.1. The molecule has 5 heteroatoms. The number of nitrogens with two attached hydrogens (primary N) is 1. The summed E-state index contributed by atoms with van der Waals surface area (Å²) in [6, 6.07) is 9.75. The molecule has 0 amide bonds. The number of nitrogen functional groups attached to an aromatic ring is 1. The van der Waals surface area contributed by atoms with E-state index in [-0.39, 0.29) is 5.82 Å². The first-order chi connectivity index (χ1) is 8.69. The Balaban J connectivity index is 2.13. The zero-order valence-electron chi connectivity index (χ0n) is 9.43. The standard InChI is InChI=1S/C13H10FN3S/c14-11-2-1-9(6-15)10(5-11)8-18-13-4-3-12(16)7-17-13/h1-5,7H,8,16H2. The summed E-state index contributed by atoms with van der Waals surface area (Å²) in [7, 11) is 0. The first-order valence-corrected chi connectivity index (χ1v) is 6.20. The zero-order chi connectivity index (χ0) is 13.0. The van der Waals surface area contributed by atoms with Crippen LogP contribution in [0.3, 0.4) is 0 Å². The van der Waals surface area contributed by atoms with Crippen molar-refractivity contribution in [1.82, 2.24) is 4.98 Å². The van der Waals surface area contributed by atoms with Gasteiger partial charge in [-0.1, -0.05) is 0 Å². The maximum absolute atomic E-state index is 13.1. The number of hydrogen-bond donors (Lipinski definition) is 1. The van der Waals surface area contributed by atoms with E-state index >= 15 is 0 Å². The van der Waals surface area contributed by atoms with Crippen molar-refractivity contribution in [2.75, 3.05) is 5.73 Å². The van der Waals surface area contributed by atoms with Crippen LogP contribution in [-0.4, -0.2) is 4.98 Å². The van der Waals surface area contributed by atoms with E-state index in [1.807, 2.05) is 6.07 Å². The fraction of sp³-hybridized carbons (Fsp3) is 0.0769. The number of nitrogens with zero attached hydrogens (tertiary/aromatic N) is 2. The molecule has 90 valence electrons. The minimum absolute atomic E-state index is 0.338. The molecule has 2 N–H and O–H groups in total. The molecule has 0 fully saturated rings. The molecule has 0 saturated carbocycles. The highest BCUT2D eigenvalue weighted by molar-refractivity contribution is 7.98. The predicted molar refractivity (Wildman–Crippen MR) is 69.3 cm³/mol. The third-order valence-corrected chi connectivity index (χ3v) is 3.32. The molecule has 0 atom stereocenters. The van der Waals surface area contributed by atoms with Crippen molar-refractivity contribution < 1.29 is 4.39 Å². The van der Waals surface area contributed by atoms with E-state index in [0.717, 1.165) is 5.03 Å². The Morgan fingerprint density at radius 2 is 2.17 bits per heavy atom. The first kappa shape index (κ1) is 12.4. The van der Waals surface area contributed by atoms with Crippen LogP contribution in [0.5, 0.6) is 0 Å². The summed E-state index contributed by atoms with van der Waals surface area (Å²) in [6.45, 7) is 0. The molecule has 3 nitrogen and oxygen atoms in total. The molecule has 0 bridgehead atoms. The average Bonchev–Trinajstić information content (AvgIpc) is 2.38. The highest BCUT2D eigenvalue weighted by Gasteiger charge is 2.05. The third-order valence-electron chi connectivity index (χ3n) is 2.32. The summed E-state index contributed by atoms with van der Waals surface area (Å²) in [5, 5.41) is 9.72. The molecule has 0 aliphatic rings. The van der Waals surface area contributed by atoms with Crippen molar-refractivity contribution in [3.8, 4) is 6.07 Å². The minimum Gasteiger partial charge on any atom is -0.397 e. The van der Waals surface area contributed by atoms with Crippen LogP contribution in [0, 0.1) is 17.1 Å². The number of halogens is 1. The lowest BCUT2D eigenvalue weighted by Crippen LogP contribution is -1.91. The molecule has 2 aromatic rings. The molecular weight excluding hydrogens is 249 g/mol. The number of nitriles is 1. The number of rotatable bonds is 3. The van der Waals surface area contributed by atoms with Crippen molar-refractivity contribution in [2.45, 2.75) is 10.8 Å². The molecule has 2 rings (SSSR count). The van der Waals surface area contributed by atoms with E-state index in [0.29, 0.717) is 22.6 Å². The van der Waals surface area contributed by atoms with Crippen LogP contribution in [0.4, 0.5) is 10.1 Å². The lowest BCUT2D eigenvalue weighted by atomic mass is 10.1. The Morgan fingerprint density at radius 3 is 2.83 bits per heavy atom. The molecule has 1 aromatic carbocycles. The summed E-state index contributed by atoms with van der Waals surface area (Å²) >= 11 is 1.44. The molecule has 1 heterocycles. The van der Waals surface area contributed by atoms with Gasteiger partial charge in [-0.15, -0.1) is 11.8 Å². The number of anilines is 1. The van der Waals surface area contributed by atoms with Gasteiger partial charge < -0.3 is 5.73 Å². The number of benzene rings is 1. The van der Waals surface area contributed by atoms with Crippen LogP contribution >= 0.6 is 11.8 Å². The minimum atomic E-state index is -0.338. The molecule has 0 saturated heterocycles. The largest absolute Gasteiger partial charge is 0.397 e. The van der Waals surface area contributed by atoms with Gasteiger partial charge in [-0.05, 0) is 35.9 Å². The number of pyridine rings is 1. The van der Waals surface area contributed by atoms with Gasteiger partial charge >= 0.3 is 0 Å². The van der Waals surface area contributed by atoms with Crippen molar-refractivity contribution in [3.05, 3.63) is 53.5 Å². The van der Waals surface area contributed by atoms with Crippen LogP contribution in [0.2, 0.25) is 0 Å².